The summed E-state index contributed by atoms with van der Waals surface area (Å²) in [6.45, 7) is 6.62. The molecule has 0 radical (unpaired) electrons. The molecule has 2 aliphatic heterocycles. The molecule has 5 heteroatoms. The molecule has 3 atom stereocenters. The zero-order valence-electron chi connectivity index (χ0n) is 15.3. The van der Waals surface area contributed by atoms with Gasteiger partial charge in [-0.25, -0.2) is 0 Å². The van der Waals surface area contributed by atoms with Gasteiger partial charge in [0.05, 0.1) is 6.04 Å². The fraction of sp³-hybridized carbons (Fsp3) is 0.381. The van der Waals surface area contributed by atoms with Crippen molar-refractivity contribution in [3.8, 4) is 11.5 Å². The molecule has 5 nitrogen and oxygen atoms in total. The average Bonchev–Trinajstić information content (AvgIpc) is 3.09. The highest BCUT2D eigenvalue weighted by Crippen LogP contribution is 2.47. The van der Waals surface area contributed by atoms with Crippen LogP contribution in [0.5, 0.6) is 11.5 Å². The minimum Gasteiger partial charge on any atom is -0.459 e. The highest BCUT2D eigenvalue weighted by Gasteiger charge is 2.55. The van der Waals surface area contributed by atoms with Crippen LogP contribution in [0.4, 0.5) is 0 Å². The van der Waals surface area contributed by atoms with E-state index in [1.807, 2.05) is 57.2 Å². The first-order valence-electron chi connectivity index (χ1n) is 8.84. The van der Waals surface area contributed by atoms with E-state index in [1.54, 1.807) is 0 Å². The van der Waals surface area contributed by atoms with Crippen molar-refractivity contribution in [1.29, 1.82) is 0 Å². The van der Waals surface area contributed by atoms with Crippen molar-refractivity contribution in [1.82, 2.24) is 4.90 Å². The number of nitrogens with zero attached hydrogens (tertiary/aromatic N) is 1. The molecule has 26 heavy (non-hydrogen) atoms. The zero-order chi connectivity index (χ0) is 18.3. The number of esters is 1. The second-order valence-electron chi connectivity index (χ2n) is 7.69. The third-order valence-corrected chi connectivity index (χ3v) is 4.52. The van der Waals surface area contributed by atoms with Crippen LogP contribution < -0.4 is 9.47 Å². The molecule has 0 saturated carbocycles. The van der Waals surface area contributed by atoms with Gasteiger partial charge in [0.15, 0.2) is 11.5 Å². The van der Waals surface area contributed by atoms with Gasteiger partial charge < -0.3 is 14.2 Å². The van der Waals surface area contributed by atoms with E-state index in [0.717, 1.165) is 17.1 Å². The summed E-state index contributed by atoms with van der Waals surface area (Å²) in [4.78, 5) is 14.9. The molecule has 2 aliphatic rings. The van der Waals surface area contributed by atoms with Crippen LogP contribution >= 0.6 is 0 Å². The third kappa shape index (κ3) is 3.40. The first-order valence-corrected chi connectivity index (χ1v) is 8.84. The molecular weight excluding hydrogens is 330 g/mol. The Hall–Kier alpha value is -2.53. The fourth-order valence-corrected chi connectivity index (χ4v) is 3.36. The Bertz CT molecular complexity index is 813. The lowest BCUT2D eigenvalue weighted by Crippen LogP contribution is -2.28. The predicted octanol–water partition coefficient (Wildman–Crippen LogP) is 3.68. The summed E-state index contributed by atoms with van der Waals surface area (Å²) in [5, 5.41) is 0. The van der Waals surface area contributed by atoms with E-state index in [4.69, 9.17) is 14.2 Å². The Morgan fingerprint density at radius 2 is 1.85 bits per heavy atom. The minimum atomic E-state index is -0.502. The Labute approximate surface area is 153 Å². The number of carbonyl (C=O) groups excluding carboxylic acids is 1. The summed E-state index contributed by atoms with van der Waals surface area (Å²) in [5.74, 6) is 1.30. The van der Waals surface area contributed by atoms with Crippen LogP contribution in [0.25, 0.3) is 0 Å². The van der Waals surface area contributed by atoms with Gasteiger partial charge in [0.25, 0.3) is 0 Å². The topological polar surface area (TPSA) is 47.8 Å². The van der Waals surface area contributed by atoms with Gasteiger partial charge in [-0.1, -0.05) is 36.4 Å². The van der Waals surface area contributed by atoms with Crippen molar-refractivity contribution in [3.05, 3.63) is 59.7 Å². The van der Waals surface area contributed by atoms with Crippen molar-refractivity contribution in [3.63, 3.8) is 0 Å². The lowest BCUT2D eigenvalue weighted by atomic mass is 10.1. The summed E-state index contributed by atoms with van der Waals surface area (Å²) >= 11 is 0. The van der Waals surface area contributed by atoms with Gasteiger partial charge in [-0.2, -0.15) is 0 Å². The van der Waals surface area contributed by atoms with Crippen molar-refractivity contribution in [2.24, 2.45) is 0 Å². The first-order chi connectivity index (χ1) is 12.4. The van der Waals surface area contributed by atoms with Crippen molar-refractivity contribution in [2.45, 2.75) is 45.0 Å². The lowest BCUT2D eigenvalue weighted by molar-refractivity contribution is -0.155. The molecule has 1 fully saturated rings. The normalized spacial score (nSPS) is 23.6. The van der Waals surface area contributed by atoms with Crippen molar-refractivity contribution < 1.29 is 19.0 Å². The quantitative estimate of drug-likeness (QED) is 0.620. The molecule has 2 aromatic rings. The van der Waals surface area contributed by atoms with Crippen LogP contribution in [-0.2, 0) is 16.1 Å². The SMILES string of the molecule is CC(C)(C)OC(=O)C1C(c2ccc3c(c2)OCO3)N1Cc1ccccc1. The number of benzene rings is 2. The zero-order valence-corrected chi connectivity index (χ0v) is 15.3. The van der Waals surface area contributed by atoms with Gasteiger partial charge in [-0.05, 0) is 44.0 Å². The highest BCUT2D eigenvalue weighted by atomic mass is 16.7. The number of rotatable bonds is 4. The standard InChI is InChI=1S/C21H23NO4/c1-21(2,3)26-20(23)19-18(22(19)12-14-7-5-4-6-8-14)15-9-10-16-17(11-15)25-13-24-16/h4-11,18-19H,12-13H2,1-3H3. The Morgan fingerprint density at radius 1 is 1.12 bits per heavy atom. The first kappa shape index (κ1) is 16.9. The summed E-state index contributed by atoms with van der Waals surface area (Å²) < 4.78 is 16.5. The maximum atomic E-state index is 12.7. The van der Waals surface area contributed by atoms with Crippen LogP contribution in [0, 0.1) is 0 Å². The second-order valence-corrected chi connectivity index (χ2v) is 7.69. The molecule has 136 valence electrons. The minimum absolute atomic E-state index is 0.0143. The van der Waals surface area contributed by atoms with E-state index in [9.17, 15) is 4.79 Å². The van der Waals surface area contributed by atoms with Crippen molar-refractivity contribution in [2.75, 3.05) is 6.79 Å². The van der Waals surface area contributed by atoms with E-state index in [-0.39, 0.29) is 24.8 Å². The molecule has 2 aromatic carbocycles. The molecule has 1 saturated heterocycles. The van der Waals surface area contributed by atoms with E-state index in [0.29, 0.717) is 6.54 Å². The lowest BCUT2D eigenvalue weighted by Gasteiger charge is -2.19. The number of hydrogen-bond donors (Lipinski definition) is 0. The Kier molecular flexibility index (Phi) is 4.11. The van der Waals surface area contributed by atoms with Crippen LogP contribution in [-0.4, -0.2) is 29.3 Å². The van der Waals surface area contributed by atoms with E-state index < -0.39 is 5.60 Å². The molecule has 3 unspecified atom stereocenters. The largest absolute Gasteiger partial charge is 0.459 e. The van der Waals surface area contributed by atoms with Gasteiger partial charge in [-0.3, -0.25) is 9.69 Å². The van der Waals surface area contributed by atoms with Crippen molar-refractivity contribution >= 4 is 5.97 Å². The molecule has 0 aromatic heterocycles. The van der Waals surface area contributed by atoms with E-state index >= 15 is 0 Å². The summed E-state index contributed by atoms with van der Waals surface area (Å²) in [5.41, 5.74) is 1.71. The highest BCUT2D eigenvalue weighted by molar-refractivity contribution is 5.81. The fourth-order valence-electron chi connectivity index (χ4n) is 3.36. The summed E-state index contributed by atoms with van der Waals surface area (Å²) in [6, 6.07) is 15.7. The number of fused-ring (bicyclic) bond motifs is 1. The molecule has 2 heterocycles. The smallest absolute Gasteiger partial charge is 0.325 e. The van der Waals surface area contributed by atoms with Gasteiger partial charge in [-0.15, -0.1) is 0 Å². The van der Waals surface area contributed by atoms with E-state index in [2.05, 4.69) is 17.0 Å². The monoisotopic (exact) mass is 353 g/mol. The average molecular weight is 353 g/mol. The Balaban J connectivity index is 1.58. The number of hydrogen-bond acceptors (Lipinski definition) is 5. The third-order valence-electron chi connectivity index (χ3n) is 4.52. The van der Waals surface area contributed by atoms with Crippen LogP contribution in [0.1, 0.15) is 37.9 Å². The molecule has 0 spiro atoms. The summed E-state index contributed by atoms with van der Waals surface area (Å²) in [7, 11) is 0. The summed E-state index contributed by atoms with van der Waals surface area (Å²) in [6.07, 6.45) is 0. The maximum absolute atomic E-state index is 12.7. The van der Waals surface area contributed by atoms with Gasteiger partial charge in [0.2, 0.25) is 6.79 Å². The Morgan fingerprint density at radius 3 is 2.58 bits per heavy atom. The molecular formula is C21H23NO4. The van der Waals surface area contributed by atoms with Gasteiger partial charge in [0.1, 0.15) is 11.6 Å². The van der Waals surface area contributed by atoms with Crippen LogP contribution in [0.3, 0.4) is 0 Å². The number of ether oxygens (including phenoxy) is 3. The van der Waals surface area contributed by atoms with Crippen LogP contribution in [0.2, 0.25) is 0 Å². The molecule has 0 N–H and O–H groups in total. The maximum Gasteiger partial charge on any atom is 0.325 e. The van der Waals surface area contributed by atoms with Crippen LogP contribution in [0.15, 0.2) is 48.5 Å². The number of carbonyl (C=O) groups is 1. The van der Waals surface area contributed by atoms with Gasteiger partial charge >= 0.3 is 5.97 Å². The molecule has 0 amide bonds. The van der Waals surface area contributed by atoms with Gasteiger partial charge in [0, 0.05) is 6.54 Å². The second kappa shape index (κ2) is 6.32. The van der Waals surface area contributed by atoms with E-state index in [1.165, 1.54) is 5.56 Å². The molecule has 0 bridgehead atoms. The molecule has 4 rings (SSSR count). The molecule has 0 aliphatic carbocycles. The predicted molar refractivity (Wildman–Crippen MR) is 96.9 cm³/mol.